The molecule has 0 aliphatic heterocycles. The summed E-state index contributed by atoms with van der Waals surface area (Å²) in [5.74, 6) is -0.0672. The highest BCUT2D eigenvalue weighted by Gasteiger charge is 2.15. The van der Waals surface area contributed by atoms with Gasteiger partial charge in [0.15, 0.2) is 11.5 Å². The maximum Gasteiger partial charge on any atom is 0.308 e. The number of H-pyrrole nitrogens is 1. The van der Waals surface area contributed by atoms with Crippen LogP contribution in [0.1, 0.15) is 25.0 Å². The molecule has 0 atom stereocenters. The molecule has 3 rings (SSSR count). The van der Waals surface area contributed by atoms with Crippen LogP contribution in [0.15, 0.2) is 52.4 Å². The van der Waals surface area contributed by atoms with Crippen LogP contribution >= 0.6 is 11.6 Å². The second-order valence-corrected chi connectivity index (χ2v) is 6.75. The zero-order valence-corrected chi connectivity index (χ0v) is 17.9. The third-order valence-electron chi connectivity index (χ3n) is 4.04. The van der Waals surface area contributed by atoms with Gasteiger partial charge in [0.2, 0.25) is 5.95 Å². The van der Waals surface area contributed by atoms with Crippen molar-refractivity contribution in [3.05, 3.63) is 69.0 Å². The molecule has 0 saturated heterocycles. The van der Waals surface area contributed by atoms with E-state index in [1.54, 1.807) is 37.3 Å². The Morgan fingerprint density at radius 3 is 2.75 bits per heavy atom. The van der Waals surface area contributed by atoms with Crippen molar-refractivity contribution in [3.63, 3.8) is 0 Å². The van der Waals surface area contributed by atoms with Gasteiger partial charge in [0.25, 0.3) is 5.56 Å². The number of carbonyl (C=O) groups excluding carboxylic acids is 1. The fraction of sp³-hybridized carbons (Fsp3) is 0.136. The Labute approximate surface area is 188 Å². The lowest BCUT2D eigenvalue weighted by molar-refractivity contribution is -0.132. The third kappa shape index (κ3) is 5.30. The molecule has 1 heterocycles. The van der Waals surface area contributed by atoms with E-state index in [0.717, 1.165) is 0 Å². The zero-order valence-electron chi connectivity index (χ0n) is 17.2. The molecule has 2 N–H and O–H groups in total. The number of ether oxygens (including phenoxy) is 2. The van der Waals surface area contributed by atoms with Gasteiger partial charge in [-0.2, -0.15) is 10.4 Å². The van der Waals surface area contributed by atoms with Crippen LogP contribution in [0.2, 0.25) is 5.02 Å². The first-order valence-corrected chi connectivity index (χ1v) is 9.84. The maximum atomic E-state index is 12.3. The number of nitrogens with zero attached hydrogens (tertiary/aromatic N) is 3. The monoisotopic (exact) mass is 451 g/mol. The van der Waals surface area contributed by atoms with Crippen molar-refractivity contribution < 1.29 is 14.3 Å². The topological polar surface area (TPSA) is 129 Å². The van der Waals surface area contributed by atoms with Crippen molar-refractivity contribution in [2.75, 3.05) is 12.0 Å². The highest BCUT2D eigenvalue weighted by atomic mass is 35.5. The third-order valence-corrected chi connectivity index (χ3v) is 4.32. The molecule has 0 spiro atoms. The van der Waals surface area contributed by atoms with Crippen molar-refractivity contribution in [1.82, 2.24) is 9.97 Å². The number of halogens is 1. The van der Waals surface area contributed by atoms with E-state index in [1.807, 2.05) is 12.1 Å². The van der Waals surface area contributed by atoms with Gasteiger partial charge in [-0.15, -0.1) is 0 Å². The minimum Gasteiger partial charge on any atom is -0.490 e. The van der Waals surface area contributed by atoms with Gasteiger partial charge in [0.05, 0.1) is 23.5 Å². The minimum absolute atomic E-state index is 0.0526. The number of anilines is 1. The molecule has 1 aromatic heterocycles. The standard InChI is InChI=1S/C22H18ClN5O4/c1-3-31-18-10-14(9-17(23)20(18)32-13(2)29)12-25-28-22-26-19(15-7-5-4-6-8-15)16(11-24)21(30)27-22/h4-10,12H,3H2,1-2H3,(H2,26,27,28,30). The first-order valence-electron chi connectivity index (χ1n) is 9.46. The number of nitrogens with one attached hydrogen (secondary N) is 2. The van der Waals surface area contributed by atoms with Crippen LogP contribution in [-0.2, 0) is 4.79 Å². The molecule has 10 heteroatoms. The largest absolute Gasteiger partial charge is 0.490 e. The Morgan fingerprint density at radius 1 is 1.34 bits per heavy atom. The fourth-order valence-electron chi connectivity index (χ4n) is 2.77. The van der Waals surface area contributed by atoms with Gasteiger partial charge in [-0.3, -0.25) is 14.6 Å². The molecule has 3 aromatic rings. The number of nitriles is 1. The van der Waals surface area contributed by atoms with Gasteiger partial charge >= 0.3 is 5.97 Å². The number of carbonyl (C=O) groups is 1. The summed E-state index contributed by atoms with van der Waals surface area (Å²) in [5.41, 5.74) is 3.35. The molecule has 0 radical (unpaired) electrons. The quantitative estimate of drug-likeness (QED) is 0.242. The van der Waals surface area contributed by atoms with E-state index in [1.165, 1.54) is 19.2 Å². The van der Waals surface area contributed by atoms with Crippen LogP contribution in [0.4, 0.5) is 5.95 Å². The second-order valence-electron chi connectivity index (χ2n) is 6.34. The van der Waals surface area contributed by atoms with Gasteiger partial charge in [0, 0.05) is 12.5 Å². The van der Waals surface area contributed by atoms with E-state index in [0.29, 0.717) is 17.7 Å². The Balaban J connectivity index is 1.89. The van der Waals surface area contributed by atoms with E-state index < -0.39 is 11.5 Å². The lowest BCUT2D eigenvalue weighted by atomic mass is 10.1. The molecule has 0 aliphatic carbocycles. The summed E-state index contributed by atoms with van der Waals surface area (Å²) < 4.78 is 10.6. The highest BCUT2D eigenvalue weighted by molar-refractivity contribution is 6.32. The van der Waals surface area contributed by atoms with Crippen LogP contribution in [-0.4, -0.2) is 28.8 Å². The SMILES string of the molecule is CCOc1cc(C=NNc2nc(-c3ccccc3)c(C#N)c(=O)[nH]2)cc(Cl)c1OC(C)=O. The highest BCUT2D eigenvalue weighted by Crippen LogP contribution is 2.36. The van der Waals surface area contributed by atoms with Crippen molar-refractivity contribution in [2.24, 2.45) is 5.10 Å². The average molecular weight is 452 g/mol. The minimum atomic E-state index is -0.591. The molecule has 0 fully saturated rings. The molecular weight excluding hydrogens is 434 g/mol. The summed E-state index contributed by atoms with van der Waals surface area (Å²) in [6, 6.07) is 13.9. The molecule has 32 heavy (non-hydrogen) atoms. The van der Waals surface area contributed by atoms with E-state index in [9.17, 15) is 14.9 Å². The number of hydrogen-bond donors (Lipinski definition) is 2. The molecule has 0 saturated carbocycles. The molecule has 0 aliphatic rings. The Hall–Kier alpha value is -4.16. The van der Waals surface area contributed by atoms with Crippen LogP contribution < -0.4 is 20.5 Å². The van der Waals surface area contributed by atoms with Gasteiger partial charge in [-0.1, -0.05) is 41.9 Å². The van der Waals surface area contributed by atoms with E-state index in [-0.39, 0.29) is 33.7 Å². The predicted octanol–water partition coefficient (Wildman–Crippen LogP) is 3.73. The lowest BCUT2D eigenvalue weighted by Gasteiger charge is -2.12. The molecule has 2 aromatic carbocycles. The Morgan fingerprint density at radius 2 is 2.09 bits per heavy atom. The summed E-state index contributed by atoms with van der Waals surface area (Å²) in [7, 11) is 0. The summed E-state index contributed by atoms with van der Waals surface area (Å²) >= 11 is 6.22. The van der Waals surface area contributed by atoms with Gasteiger partial charge in [-0.05, 0) is 24.6 Å². The van der Waals surface area contributed by atoms with Crippen molar-refractivity contribution in [1.29, 1.82) is 5.26 Å². The molecular formula is C22H18ClN5O4. The summed E-state index contributed by atoms with van der Waals surface area (Å²) in [6.07, 6.45) is 1.42. The number of aromatic nitrogens is 2. The Kier molecular flexibility index (Phi) is 7.21. The van der Waals surface area contributed by atoms with Gasteiger partial charge < -0.3 is 9.47 Å². The molecule has 0 bridgehead atoms. The number of rotatable bonds is 7. The number of hydrazone groups is 1. The lowest BCUT2D eigenvalue weighted by Crippen LogP contribution is -2.16. The van der Waals surface area contributed by atoms with E-state index in [4.69, 9.17) is 21.1 Å². The molecule has 162 valence electrons. The predicted molar refractivity (Wildman–Crippen MR) is 120 cm³/mol. The number of aromatic amines is 1. The first kappa shape index (κ1) is 22.5. The van der Waals surface area contributed by atoms with Gasteiger partial charge in [0.1, 0.15) is 11.6 Å². The number of esters is 1. The normalized spacial score (nSPS) is 10.6. The second kappa shape index (κ2) is 10.2. The Bertz CT molecular complexity index is 1270. The fourth-order valence-corrected chi connectivity index (χ4v) is 3.03. The molecule has 0 unspecified atom stereocenters. The van der Waals surface area contributed by atoms with Crippen LogP contribution in [0.5, 0.6) is 11.5 Å². The van der Waals surface area contributed by atoms with Crippen LogP contribution in [0, 0.1) is 11.3 Å². The van der Waals surface area contributed by atoms with E-state index in [2.05, 4.69) is 20.5 Å². The molecule has 0 amide bonds. The number of hydrogen-bond acceptors (Lipinski definition) is 8. The van der Waals surface area contributed by atoms with Crippen molar-refractivity contribution >= 4 is 29.7 Å². The smallest absolute Gasteiger partial charge is 0.308 e. The maximum absolute atomic E-state index is 12.3. The van der Waals surface area contributed by atoms with Gasteiger partial charge in [-0.25, -0.2) is 10.4 Å². The summed E-state index contributed by atoms with van der Waals surface area (Å²) in [6.45, 7) is 3.38. The van der Waals surface area contributed by atoms with Crippen LogP contribution in [0.25, 0.3) is 11.3 Å². The zero-order chi connectivity index (χ0) is 23.1. The summed E-state index contributed by atoms with van der Waals surface area (Å²) in [5, 5.41) is 13.6. The van der Waals surface area contributed by atoms with Crippen LogP contribution in [0.3, 0.4) is 0 Å². The first-order chi connectivity index (χ1) is 15.4. The van der Waals surface area contributed by atoms with Crippen molar-refractivity contribution in [2.45, 2.75) is 13.8 Å². The number of benzene rings is 2. The van der Waals surface area contributed by atoms with Crippen molar-refractivity contribution in [3.8, 4) is 28.8 Å². The average Bonchev–Trinajstić information content (AvgIpc) is 2.76. The molecule has 9 nitrogen and oxygen atoms in total. The van der Waals surface area contributed by atoms with E-state index >= 15 is 0 Å². The summed E-state index contributed by atoms with van der Waals surface area (Å²) in [4.78, 5) is 30.4.